The molecule has 3 rings (SSSR count). The highest BCUT2D eigenvalue weighted by Crippen LogP contribution is 2.43. The van der Waals surface area contributed by atoms with Crippen LogP contribution in [0.5, 0.6) is 0 Å². The quantitative estimate of drug-likeness (QED) is 0.763. The lowest BCUT2D eigenvalue weighted by atomic mass is 9.68. The number of hydrogen-bond acceptors (Lipinski definition) is 2. The minimum absolute atomic E-state index is 0.158. The van der Waals surface area contributed by atoms with E-state index in [1.165, 1.54) is 49.9 Å². The van der Waals surface area contributed by atoms with Gasteiger partial charge in [0, 0.05) is 12.6 Å². The van der Waals surface area contributed by atoms with E-state index < -0.39 is 0 Å². The van der Waals surface area contributed by atoms with Crippen LogP contribution in [0.2, 0.25) is 0 Å². The third-order valence-electron chi connectivity index (χ3n) is 7.33. The van der Waals surface area contributed by atoms with E-state index in [0.29, 0.717) is 17.3 Å². The highest BCUT2D eigenvalue weighted by atomic mass is 16.3. The number of nitrogens with zero attached hydrogens (tertiary/aromatic N) is 1. The Morgan fingerprint density at radius 2 is 1.85 bits per heavy atom. The van der Waals surface area contributed by atoms with Gasteiger partial charge in [-0.25, -0.2) is 0 Å². The molecule has 2 aliphatic rings. The summed E-state index contributed by atoms with van der Waals surface area (Å²) in [5.41, 5.74) is 3.53. The lowest BCUT2D eigenvalue weighted by Crippen LogP contribution is -2.55. The van der Waals surface area contributed by atoms with Gasteiger partial charge >= 0.3 is 0 Å². The van der Waals surface area contributed by atoms with E-state index in [0.717, 1.165) is 12.5 Å². The van der Waals surface area contributed by atoms with Gasteiger partial charge in [0.25, 0.3) is 0 Å². The Kier molecular flexibility index (Phi) is 6.08. The Morgan fingerprint density at radius 3 is 2.44 bits per heavy atom. The van der Waals surface area contributed by atoms with E-state index in [1.54, 1.807) is 0 Å². The highest BCUT2D eigenvalue weighted by molar-refractivity contribution is 5.28. The number of aliphatic hydroxyl groups is 1. The van der Waals surface area contributed by atoms with Crippen LogP contribution in [-0.4, -0.2) is 35.2 Å². The van der Waals surface area contributed by atoms with Crippen LogP contribution in [0, 0.1) is 17.3 Å². The summed E-state index contributed by atoms with van der Waals surface area (Å²) < 4.78 is 0. The maximum absolute atomic E-state index is 9.82. The number of piperidine rings is 2. The molecule has 1 aromatic rings. The molecule has 1 aromatic carbocycles. The molecule has 0 saturated carbocycles. The fourth-order valence-corrected chi connectivity index (χ4v) is 5.64. The Balaban J connectivity index is 1.63. The minimum Gasteiger partial charge on any atom is -0.393 e. The summed E-state index contributed by atoms with van der Waals surface area (Å²) >= 11 is 0. The van der Waals surface area contributed by atoms with Gasteiger partial charge < -0.3 is 5.11 Å². The molecule has 2 saturated heterocycles. The van der Waals surface area contributed by atoms with Crippen molar-refractivity contribution >= 4 is 0 Å². The van der Waals surface area contributed by atoms with Crippen LogP contribution in [0.25, 0.3) is 0 Å². The summed E-state index contributed by atoms with van der Waals surface area (Å²) in [5, 5.41) is 9.82. The van der Waals surface area contributed by atoms with Crippen molar-refractivity contribution < 1.29 is 5.11 Å². The molecule has 0 aromatic heterocycles. The summed E-state index contributed by atoms with van der Waals surface area (Å²) in [6.07, 6.45) is 5.89. The second kappa shape index (κ2) is 7.87. The van der Waals surface area contributed by atoms with Crippen LogP contribution in [0.1, 0.15) is 78.4 Å². The molecule has 2 heterocycles. The number of hydrogen-bond donors (Lipinski definition) is 1. The molecule has 2 fully saturated rings. The topological polar surface area (TPSA) is 23.5 Å². The average Bonchev–Trinajstić information content (AvgIpc) is 2.56. The van der Waals surface area contributed by atoms with Crippen LogP contribution >= 0.6 is 0 Å². The van der Waals surface area contributed by atoms with E-state index in [-0.39, 0.29) is 11.5 Å². The van der Waals surface area contributed by atoms with E-state index >= 15 is 0 Å². The summed E-state index contributed by atoms with van der Waals surface area (Å²) in [6.45, 7) is 16.2. The second-order valence-electron chi connectivity index (χ2n) is 11.0. The highest BCUT2D eigenvalue weighted by Gasteiger charge is 2.42. The molecule has 0 aliphatic carbocycles. The number of aliphatic hydroxyl groups excluding tert-OH is 1. The van der Waals surface area contributed by atoms with Crippen LogP contribution in [0.4, 0.5) is 0 Å². The van der Waals surface area contributed by atoms with Gasteiger partial charge in [0.1, 0.15) is 0 Å². The summed E-state index contributed by atoms with van der Waals surface area (Å²) in [4.78, 5) is 2.77. The van der Waals surface area contributed by atoms with Crippen LogP contribution in [-0.2, 0) is 11.8 Å². The molecule has 0 amide bonds. The van der Waals surface area contributed by atoms with E-state index in [2.05, 4.69) is 63.8 Å². The molecule has 5 atom stereocenters. The zero-order chi connectivity index (χ0) is 19.8. The van der Waals surface area contributed by atoms with Crippen LogP contribution in [0.15, 0.2) is 24.3 Å². The predicted octanol–water partition coefficient (Wildman–Crippen LogP) is 5.42. The van der Waals surface area contributed by atoms with Crippen molar-refractivity contribution in [2.24, 2.45) is 17.3 Å². The van der Waals surface area contributed by atoms with E-state index in [1.807, 2.05) is 6.92 Å². The van der Waals surface area contributed by atoms with Crippen LogP contribution < -0.4 is 0 Å². The van der Waals surface area contributed by atoms with E-state index in [4.69, 9.17) is 0 Å². The first-order valence-electron chi connectivity index (χ1n) is 11.1. The first-order chi connectivity index (χ1) is 12.6. The van der Waals surface area contributed by atoms with Gasteiger partial charge in [-0.1, -0.05) is 58.9 Å². The molecule has 152 valence electrons. The fourth-order valence-electron chi connectivity index (χ4n) is 5.64. The molecule has 0 spiro atoms. The largest absolute Gasteiger partial charge is 0.393 e. The van der Waals surface area contributed by atoms with Crippen molar-refractivity contribution in [2.75, 3.05) is 13.1 Å². The Hall–Kier alpha value is -0.860. The fraction of sp³-hybridized carbons (Fsp3) is 0.760. The third-order valence-corrected chi connectivity index (χ3v) is 7.33. The molecule has 2 nitrogen and oxygen atoms in total. The maximum Gasteiger partial charge on any atom is 0.0514 e. The lowest BCUT2D eigenvalue weighted by Gasteiger charge is -2.52. The molecule has 2 unspecified atom stereocenters. The van der Waals surface area contributed by atoms with Gasteiger partial charge in [-0.2, -0.15) is 0 Å². The number of benzene rings is 1. The summed E-state index contributed by atoms with van der Waals surface area (Å²) in [6, 6.07) is 10.1. The number of fused-ring (bicyclic) bond motifs is 1. The molecule has 2 heteroatoms. The first-order valence-corrected chi connectivity index (χ1v) is 11.1. The first kappa shape index (κ1) is 20.9. The Bertz CT molecular complexity index is 614. The van der Waals surface area contributed by atoms with Crippen molar-refractivity contribution in [1.82, 2.24) is 4.90 Å². The maximum atomic E-state index is 9.82. The van der Waals surface area contributed by atoms with Gasteiger partial charge in [-0.3, -0.25) is 4.90 Å². The smallest absolute Gasteiger partial charge is 0.0514 e. The van der Waals surface area contributed by atoms with Crippen molar-refractivity contribution in [2.45, 2.75) is 91.2 Å². The monoisotopic (exact) mass is 371 g/mol. The third kappa shape index (κ3) is 4.95. The SMILES string of the molecule is CC(O)CC1CCN2C[C@](C)(Cc3ccc(C(C)(C)C)cc3)CC[C@H]2[C@@H]1C. The van der Waals surface area contributed by atoms with Gasteiger partial charge in [0.15, 0.2) is 0 Å². The standard InChI is InChI=1S/C25H41NO/c1-18(27)15-21-12-14-26-17-25(6,13-11-23(26)19(21)2)16-20-7-9-22(10-8-20)24(3,4)5/h7-10,18-19,21,23,27H,11-17H2,1-6H3/t18?,19-,21?,23+,25+/m1/s1. The molecule has 0 bridgehead atoms. The molecule has 1 N–H and O–H groups in total. The van der Waals surface area contributed by atoms with Gasteiger partial charge in [0.2, 0.25) is 0 Å². The second-order valence-corrected chi connectivity index (χ2v) is 11.0. The Morgan fingerprint density at radius 1 is 1.19 bits per heavy atom. The van der Waals surface area contributed by atoms with Gasteiger partial charge in [0.05, 0.1) is 6.10 Å². The van der Waals surface area contributed by atoms with Crippen molar-refractivity contribution in [1.29, 1.82) is 0 Å². The molecule has 0 radical (unpaired) electrons. The van der Waals surface area contributed by atoms with Gasteiger partial charge in [-0.15, -0.1) is 0 Å². The summed E-state index contributed by atoms with van der Waals surface area (Å²) in [5.74, 6) is 1.41. The predicted molar refractivity (Wildman–Crippen MR) is 115 cm³/mol. The van der Waals surface area contributed by atoms with Gasteiger partial charge in [-0.05, 0) is 79.4 Å². The normalized spacial score (nSPS) is 33.5. The molecular weight excluding hydrogens is 330 g/mol. The van der Waals surface area contributed by atoms with Crippen molar-refractivity contribution in [3.05, 3.63) is 35.4 Å². The molecule has 2 aliphatic heterocycles. The average molecular weight is 372 g/mol. The van der Waals surface area contributed by atoms with Crippen LogP contribution in [0.3, 0.4) is 0 Å². The molecular formula is C25H41NO. The van der Waals surface area contributed by atoms with Crippen molar-refractivity contribution in [3.63, 3.8) is 0 Å². The zero-order valence-electron chi connectivity index (χ0n) is 18.5. The molecule has 27 heavy (non-hydrogen) atoms. The lowest BCUT2D eigenvalue weighted by molar-refractivity contribution is -0.0301. The zero-order valence-corrected chi connectivity index (χ0v) is 18.5. The Labute approximate surface area is 167 Å². The summed E-state index contributed by atoms with van der Waals surface area (Å²) in [7, 11) is 0. The number of rotatable bonds is 4. The van der Waals surface area contributed by atoms with Crippen molar-refractivity contribution in [3.8, 4) is 0 Å². The minimum atomic E-state index is -0.158. The van der Waals surface area contributed by atoms with E-state index in [9.17, 15) is 5.11 Å².